The standard InChI is InChI=1S/C25H26N2O5/c1-4-6-19-14-24(30-13-5-2)22-15-21(11-12-23(22)26-19)32-20-9-7-18(8-10-20)27-25(29)16-31-17(3)28/h5,7-12,14-15H,2,4,6,13,16H2,1,3H3,(H,27,29). The van der Waals surface area contributed by atoms with Crippen molar-refractivity contribution in [3.05, 3.63) is 66.9 Å². The number of carbonyl (C=O) groups is 2. The number of nitrogens with zero attached hydrogens (tertiary/aromatic N) is 1. The van der Waals surface area contributed by atoms with Crippen LogP contribution in [0.3, 0.4) is 0 Å². The maximum atomic E-state index is 11.7. The number of aromatic nitrogens is 1. The van der Waals surface area contributed by atoms with Gasteiger partial charge in [0, 0.05) is 29.8 Å². The summed E-state index contributed by atoms with van der Waals surface area (Å²) in [4.78, 5) is 27.2. The van der Waals surface area contributed by atoms with Crippen LogP contribution in [0.1, 0.15) is 26.0 Å². The number of hydrogen-bond donors (Lipinski definition) is 1. The second-order valence-electron chi connectivity index (χ2n) is 7.10. The minimum Gasteiger partial charge on any atom is -0.489 e. The number of hydrogen-bond acceptors (Lipinski definition) is 6. The number of carbonyl (C=O) groups excluding carboxylic acids is 2. The number of ether oxygens (including phenoxy) is 3. The topological polar surface area (TPSA) is 86.8 Å². The molecule has 7 heteroatoms. The van der Waals surface area contributed by atoms with E-state index in [0.29, 0.717) is 23.8 Å². The molecule has 3 aromatic rings. The minimum absolute atomic E-state index is 0.324. The summed E-state index contributed by atoms with van der Waals surface area (Å²) in [6, 6.07) is 14.5. The van der Waals surface area contributed by atoms with Crippen molar-refractivity contribution >= 4 is 28.5 Å². The lowest BCUT2D eigenvalue weighted by Gasteiger charge is -2.12. The van der Waals surface area contributed by atoms with Crippen LogP contribution in [0, 0.1) is 0 Å². The summed E-state index contributed by atoms with van der Waals surface area (Å²) in [6.07, 6.45) is 3.59. The van der Waals surface area contributed by atoms with Crippen LogP contribution in [0.5, 0.6) is 17.2 Å². The van der Waals surface area contributed by atoms with E-state index in [-0.39, 0.29) is 6.61 Å². The quantitative estimate of drug-likeness (QED) is 0.355. The van der Waals surface area contributed by atoms with Gasteiger partial charge in [-0.05, 0) is 48.9 Å². The first-order chi connectivity index (χ1) is 15.5. The second kappa shape index (κ2) is 10.9. The fourth-order valence-corrected chi connectivity index (χ4v) is 3.05. The zero-order chi connectivity index (χ0) is 22.9. The SMILES string of the molecule is C=CCOc1cc(CCC)nc2ccc(Oc3ccc(NC(=O)COC(C)=O)cc3)cc12. The van der Waals surface area contributed by atoms with Crippen molar-refractivity contribution in [1.29, 1.82) is 0 Å². The Bertz CT molecular complexity index is 1110. The van der Waals surface area contributed by atoms with Crippen LogP contribution in [-0.2, 0) is 20.7 Å². The minimum atomic E-state index is -0.505. The van der Waals surface area contributed by atoms with Crippen molar-refractivity contribution in [3.8, 4) is 17.2 Å². The maximum Gasteiger partial charge on any atom is 0.303 e. The van der Waals surface area contributed by atoms with E-state index in [4.69, 9.17) is 14.5 Å². The number of benzene rings is 2. The Labute approximate surface area is 187 Å². The van der Waals surface area contributed by atoms with Gasteiger partial charge in [0.2, 0.25) is 0 Å². The third kappa shape index (κ3) is 6.31. The lowest BCUT2D eigenvalue weighted by Crippen LogP contribution is -2.19. The molecule has 0 fully saturated rings. The monoisotopic (exact) mass is 434 g/mol. The number of amides is 1. The lowest BCUT2D eigenvalue weighted by atomic mass is 10.1. The van der Waals surface area contributed by atoms with Crippen LogP contribution < -0.4 is 14.8 Å². The number of nitrogens with one attached hydrogen (secondary N) is 1. The van der Waals surface area contributed by atoms with Crippen LogP contribution >= 0.6 is 0 Å². The zero-order valence-corrected chi connectivity index (χ0v) is 18.2. The molecular weight excluding hydrogens is 408 g/mol. The van der Waals surface area contributed by atoms with E-state index in [0.717, 1.165) is 35.2 Å². The molecule has 0 atom stereocenters. The Hall–Kier alpha value is -3.87. The highest BCUT2D eigenvalue weighted by molar-refractivity contribution is 5.92. The van der Waals surface area contributed by atoms with Gasteiger partial charge in [-0.3, -0.25) is 14.6 Å². The Morgan fingerprint density at radius 2 is 1.84 bits per heavy atom. The molecule has 0 radical (unpaired) electrons. The number of aryl methyl sites for hydroxylation is 1. The smallest absolute Gasteiger partial charge is 0.303 e. The van der Waals surface area contributed by atoms with E-state index in [2.05, 4.69) is 23.6 Å². The van der Waals surface area contributed by atoms with Crippen molar-refractivity contribution in [3.63, 3.8) is 0 Å². The summed E-state index contributed by atoms with van der Waals surface area (Å²) in [5.74, 6) is 1.07. The summed E-state index contributed by atoms with van der Waals surface area (Å²) >= 11 is 0. The highest BCUT2D eigenvalue weighted by atomic mass is 16.5. The van der Waals surface area contributed by atoms with Crippen molar-refractivity contribution in [2.24, 2.45) is 0 Å². The van der Waals surface area contributed by atoms with Crippen LogP contribution in [0.2, 0.25) is 0 Å². The molecule has 0 aliphatic carbocycles. The molecule has 1 amide bonds. The molecule has 7 nitrogen and oxygen atoms in total. The van der Waals surface area contributed by atoms with Gasteiger partial charge in [-0.1, -0.05) is 26.0 Å². The Kier molecular flexibility index (Phi) is 7.80. The molecule has 1 aromatic heterocycles. The average Bonchev–Trinajstić information content (AvgIpc) is 2.78. The van der Waals surface area contributed by atoms with Gasteiger partial charge < -0.3 is 19.5 Å². The number of esters is 1. The van der Waals surface area contributed by atoms with E-state index in [9.17, 15) is 9.59 Å². The summed E-state index contributed by atoms with van der Waals surface area (Å²) in [6.45, 7) is 7.16. The molecule has 0 unspecified atom stereocenters. The molecule has 0 aliphatic heterocycles. The molecule has 2 aromatic carbocycles. The Morgan fingerprint density at radius 3 is 2.53 bits per heavy atom. The predicted molar refractivity (Wildman–Crippen MR) is 123 cm³/mol. The van der Waals surface area contributed by atoms with E-state index in [1.54, 1.807) is 30.3 Å². The maximum absolute atomic E-state index is 11.7. The van der Waals surface area contributed by atoms with Gasteiger partial charge in [0.15, 0.2) is 6.61 Å². The second-order valence-corrected chi connectivity index (χ2v) is 7.10. The lowest BCUT2D eigenvalue weighted by molar-refractivity contribution is -0.144. The zero-order valence-electron chi connectivity index (χ0n) is 18.2. The molecule has 0 saturated carbocycles. The molecule has 166 valence electrons. The van der Waals surface area contributed by atoms with Gasteiger partial charge in [-0.2, -0.15) is 0 Å². The van der Waals surface area contributed by atoms with E-state index < -0.39 is 11.9 Å². The summed E-state index contributed by atoms with van der Waals surface area (Å²) in [5, 5.41) is 3.51. The summed E-state index contributed by atoms with van der Waals surface area (Å²) in [7, 11) is 0. The van der Waals surface area contributed by atoms with E-state index in [1.165, 1.54) is 6.92 Å². The van der Waals surface area contributed by atoms with E-state index >= 15 is 0 Å². The van der Waals surface area contributed by atoms with Crippen LogP contribution in [-0.4, -0.2) is 30.1 Å². The first-order valence-corrected chi connectivity index (χ1v) is 10.4. The normalized spacial score (nSPS) is 10.4. The number of anilines is 1. The van der Waals surface area contributed by atoms with Gasteiger partial charge in [0.05, 0.1) is 5.52 Å². The van der Waals surface area contributed by atoms with Crippen LogP contribution in [0.4, 0.5) is 5.69 Å². The van der Waals surface area contributed by atoms with Crippen molar-refractivity contribution in [2.45, 2.75) is 26.7 Å². The van der Waals surface area contributed by atoms with Gasteiger partial charge in [-0.15, -0.1) is 0 Å². The van der Waals surface area contributed by atoms with Crippen LogP contribution in [0.15, 0.2) is 61.2 Å². The molecule has 0 aliphatic rings. The fourth-order valence-electron chi connectivity index (χ4n) is 3.05. The van der Waals surface area contributed by atoms with Gasteiger partial charge >= 0.3 is 5.97 Å². The van der Waals surface area contributed by atoms with Gasteiger partial charge in [0.25, 0.3) is 5.91 Å². The molecule has 0 spiro atoms. The molecule has 0 saturated heterocycles. The third-order valence-electron chi connectivity index (χ3n) is 4.44. The largest absolute Gasteiger partial charge is 0.489 e. The Morgan fingerprint density at radius 1 is 1.09 bits per heavy atom. The molecule has 1 N–H and O–H groups in total. The third-order valence-corrected chi connectivity index (χ3v) is 4.44. The molecule has 0 bridgehead atoms. The predicted octanol–water partition coefficient (Wildman–Crippen LogP) is 5.05. The average molecular weight is 434 g/mol. The van der Waals surface area contributed by atoms with Crippen molar-refractivity contribution in [2.75, 3.05) is 18.5 Å². The summed E-state index contributed by atoms with van der Waals surface area (Å²) < 4.78 is 16.5. The molecule has 1 heterocycles. The van der Waals surface area contributed by atoms with Gasteiger partial charge in [0.1, 0.15) is 23.9 Å². The van der Waals surface area contributed by atoms with Crippen LogP contribution in [0.25, 0.3) is 10.9 Å². The highest BCUT2D eigenvalue weighted by Gasteiger charge is 2.10. The molecular formula is C25H26N2O5. The molecule has 32 heavy (non-hydrogen) atoms. The fraction of sp³-hybridized carbons (Fsp3) is 0.240. The first kappa shape index (κ1) is 22.8. The van der Waals surface area contributed by atoms with Crippen molar-refractivity contribution in [1.82, 2.24) is 4.98 Å². The van der Waals surface area contributed by atoms with Crippen molar-refractivity contribution < 1.29 is 23.8 Å². The van der Waals surface area contributed by atoms with E-state index in [1.807, 2.05) is 24.3 Å². The Balaban J connectivity index is 1.75. The summed E-state index contributed by atoms with van der Waals surface area (Å²) in [5.41, 5.74) is 2.40. The number of rotatable bonds is 10. The number of pyridine rings is 1. The first-order valence-electron chi connectivity index (χ1n) is 10.4. The number of fused-ring (bicyclic) bond motifs is 1. The van der Waals surface area contributed by atoms with Gasteiger partial charge in [-0.25, -0.2) is 0 Å². The highest BCUT2D eigenvalue weighted by Crippen LogP contribution is 2.32. The molecule has 3 rings (SSSR count).